The Morgan fingerprint density at radius 3 is 2.43 bits per heavy atom. The van der Waals surface area contributed by atoms with E-state index in [2.05, 4.69) is 5.32 Å². The molecule has 0 unspecified atom stereocenters. The summed E-state index contributed by atoms with van der Waals surface area (Å²) in [4.78, 5) is 38.1. The van der Waals surface area contributed by atoms with Crippen LogP contribution in [-0.4, -0.2) is 30.6 Å². The average Bonchev–Trinajstić information content (AvgIpc) is 3.20. The molecule has 2 heterocycles. The van der Waals surface area contributed by atoms with Gasteiger partial charge in [0.15, 0.2) is 0 Å². The Balaban J connectivity index is 1.83. The van der Waals surface area contributed by atoms with Crippen molar-refractivity contribution in [2.45, 2.75) is 18.0 Å². The lowest BCUT2D eigenvalue weighted by molar-refractivity contribution is -0.160. The number of rotatable bonds is 4. The normalized spacial score (nSPS) is 28.7. The molecule has 0 bridgehead atoms. The van der Waals surface area contributed by atoms with E-state index in [0.717, 1.165) is 11.1 Å². The zero-order valence-electron chi connectivity index (χ0n) is 15.1. The molecule has 2 aliphatic rings. The lowest BCUT2D eigenvalue weighted by atomic mass is 9.76. The second-order valence-electron chi connectivity index (χ2n) is 7.04. The highest BCUT2D eigenvalue weighted by atomic mass is 35.5. The van der Waals surface area contributed by atoms with E-state index in [1.165, 1.54) is 7.11 Å². The summed E-state index contributed by atoms with van der Waals surface area (Å²) in [5.41, 5.74) is 0.168. The summed E-state index contributed by atoms with van der Waals surface area (Å²) in [6.45, 7) is 0. The first-order valence-corrected chi connectivity index (χ1v) is 9.25. The van der Waals surface area contributed by atoms with Gasteiger partial charge in [0.05, 0.1) is 13.0 Å². The molecule has 4 rings (SSSR count). The van der Waals surface area contributed by atoms with Gasteiger partial charge in [0.25, 0.3) is 0 Å². The van der Waals surface area contributed by atoms with Crippen molar-refractivity contribution in [2.75, 3.05) is 7.11 Å². The summed E-state index contributed by atoms with van der Waals surface area (Å²) < 4.78 is 10.0. The van der Waals surface area contributed by atoms with Gasteiger partial charge in [-0.25, -0.2) is 0 Å². The van der Waals surface area contributed by atoms with Crippen molar-refractivity contribution in [2.24, 2.45) is 11.8 Å². The second kappa shape index (κ2) is 7.04. The molecule has 7 heteroatoms. The van der Waals surface area contributed by atoms with Crippen molar-refractivity contribution in [1.82, 2.24) is 5.32 Å². The van der Waals surface area contributed by atoms with Crippen LogP contribution in [0.5, 0.6) is 0 Å². The van der Waals surface area contributed by atoms with Crippen LogP contribution in [0.15, 0.2) is 54.6 Å². The number of halogens is 1. The average molecular weight is 400 g/mol. The third-order valence-electron chi connectivity index (χ3n) is 5.49. The highest BCUT2D eigenvalue weighted by Gasteiger charge is 2.68. The Morgan fingerprint density at radius 1 is 1.11 bits per heavy atom. The van der Waals surface area contributed by atoms with Crippen LogP contribution in [0.2, 0.25) is 5.02 Å². The summed E-state index contributed by atoms with van der Waals surface area (Å²) in [6.07, 6.45) is 0.189. The molecule has 0 aliphatic carbocycles. The van der Waals surface area contributed by atoms with Crippen LogP contribution in [0.25, 0.3) is 0 Å². The molecule has 2 aromatic rings. The van der Waals surface area contributed by atoms with E-state index >= 15 is 0 Å². The zero-order chi connectivity index (χ0) is 19.9. The number of hydrogen-bond donors (Lipinski definition) is 1. The quantitative estimate of drug-likeness (QED) is 0.628. The van der Waals surface area contributed by atoms with Gasteiger partial charge in [0.2, 0.25) is 0 Å². The van der Waals surface area contributed by atoms with Crippen LogP contribution in [0.4, 0.5) is 0 Å². The Morgan fingerprint density at radius 2 is 1.79 bits per heavy atom. The van der Waals surface area contributed by atoms with Crippen molar-refractivity contribution in [1.29, 1.82) is 0 Å². The fraction of sp³-hybridized carbons (Fsp3) is 0.286. The topological polar surface area (TPSA) is 81.7 Å². The van der Waals surface area contributed by atoms with Crippen molar-refractivity contribution in [3.05, 3.63) is 70.7 Å². The van der Waals surface area contributed by atoms with E-state index in [-0.39, 0.29) is 6.42 Å². The number of benzene rings is 2. The number of esters is 3. The summed E-state index contributed by atoms with van der Waals surface area (Å²) in [5.74, 6) is -3.75. The molecule has 0 saturated carbocycles. The molecule has 2 saturated heterocycles. The van der Waals surface area contributed by atoms with E-state index in [4.69, 9.17) is 21.1 Å². The van der Waals surface area contributed by atoms with Gasteiger partial charge in [-0.15, -0.1) is 0 Å². The Bertz CT molecular complexity index is 930. The number of carbonyl (C=O) groups is 3. The zero-order valence-corrected chi connectivity index (χ0v) is 15.8. The molecular formula is C21H18ClNO5. The van der Waals surface area contributed by atoms with Gasteiger partial charge in [-0.1, -0.05) is 54.1 Å². The Hall–Kier alpha value is -2.70. The molecule has 2 fully saturated rings. The fourth-order valence-corrected chi connectivity index (χ4v) is 4.41. The van der Waals surface area contributed by atoms with E-state index in [1.54, 1.807) is 24.3 Å². The molecule has 28 heavy (non-hydrogen) atoms. The van der Waals surface area contributed by atoms with Crippen molar-refractivity contribution in [3.63, 3.8) is 0 Å². The molecule has 0 amide bonds. The van der Waals surface area contributed by atoms with E-state index in [9.17, 15) is 14.4 Å². The highest BCUT2D eigenvalue weighted by molar-refractivity contribution is 6.30. The molecule has 2 aliphatic heterocycles. The Labute approximate surface area is 166 Å². The Kier molecular flexibility index (Phi) is 4.69. The molecule has 144 valence electrons. The summed E-state index contributed by atoms with van der Waals surface area (Å²) in [7, 11) is 1.27. The van der Waals surface area contributed by atoms with Crippen molar-refractivity contribution in [3.8, 4) is 0 Å². The molecule has 0 spiro atoms. The van der Waals surface area contributed by atoms with E-state index < -0.39 is 41.3 Å². The predicted molar refractivity (Wildman–Crippen MR) is 100 cm³/mol. The summed E-state index contributed by atoms with van der Waals surface area (Å²) in [6, 6.07) is 15.6. The standard InChI is InChI=1S/C21H18ClNO5/c1-27-20(26)21(11-12-5-3-2-4-6-12)16-15(18(24)28-19(16)25)17(23-21)13-7-9-14(22)10-8-13/h2-10,15-17,23H,11H2,1H3/t15-,16-,17-,21+/m1/s1. The molecule has 0 radical (unpaired) electrons. The molecule has 1 N–H and O–H groups in total. The first-order valence-electron chi connectivity index (χ1n) is 8.87. The second-order valence-corrected chi connectivity index (χ2v) is 7.48. The maximum atomic E-state index is 12.9. The van der Waals surface area contributed by atoms with Gasteiger partial charge in [-0.3, -0.25) is 19.7 Å². The minimum atomic E-state index is -1.41. The first kappa shape index (κ1) is 18.7. The molecule has 4 atom stereocenters. The fourth-order valence-electron chi connectivity index (χ4n) is 4.29. The molecule has 0 aromatic heterocycles. The predicted octanol–water partition coefficient (Wildman–Crippen LogP) is 2.45. The minimum absolute atomic E-state index is 0.189. The third kappa shape index (κ3) is 2.89. The van der Waals surface area contributed by atoms with Crippen molar-refractivity contribution < 1.29 is 23.9 Å². The van der Waals surface area contributed by atoms with Crippen LogP contribution >= 0.6 is 11.6 Å². The molecular weight excluding hydrogens is 382 g/mol. The molecule has 6 nitrogen and oxygen atoms in total. The SMILES string of the molecule is COC(=O)[C@@]1(Cc2ccccc2)N[C@H](c2ccc(Cl)cc2)[C@@H]2C(=O)OC(=O)[C@@H]21. The number of carbonyl (C=O) groups excluding carboxylic acids is 3. The number of ether oxygens (including phenoxy) is 2. The maximum absolute atomic E-state index is 12.9. The van der Waals surface area contributed by atoms with Gasteiger partial charge in [-0.05, 0) is 23.3 Å². The van der Waals surface area contributed by atoms with Crippen LogP contribution in [0.1, 0.15) is 17.2 Å². The van der Waals surface area contributed by atoms with Gasteiger partial charge in [-0.2, -0.15) is 0 Å². The largest absolute Gasteiger partial charge is 0.468 e. The lowest BCUT2D eigenvalue weighted by Gasteiger charge is -2.31. The minimum Gasteiger partial charge on any atom is -0.468 e. The van der Waals surface area contributed by atoms with Crippen LogP contribution < -0.4 is 5.32 Å². The van der Waals surface area contributed by atoms with Crippen LogP contribution in [0, 0.1) is 11.8 Å². The number of hydrogen-bond acceptors (Lipinski definition) is 6. The van der Waals surface area contributed by atoms with E-state index in [1.807, 2.05) is 30.3 Å². The monoisotopic (exact) mass is 399 g/mol. The van der Waals surface area contributed by atoms with Crippen LogP contribution in [0.3, 0.4) is 0 Å². The lowest BCUT2D eigenvalue weighted by Crippen LogP contribution is -2.56. The number of methoxy groups -OCH3 is 1. The molecule has 2 aromatic carbocycles. The van der Waals surface area contributed by atoms with Gasteiger partial charge < -0.3 is 9.47 Å². The van der Waals surface area contributed by atoms with Gasteiger partial charge in [0, 0.05) is 17.5 Å². The third-order valence-corrected chi connectivity index (χ3v) is 5.75. The number of cyclic esters (lactones) is 2. The maximum Gasteiger partial charge on any atom is 0.327 e. The van der Waals surface area contributed by atoms with Gasteiger partial charge in [0.1, 0.15) is 11.5 Å². The van der Waals surface area contributed by atoms with Crippen molar-refractivity contribution >= 4 is 29.5 Å². The van der Waals surface area contributed by atoms with Gasteiger partial charge >= 0.3 is 17.9 Å². The summed E-state index contributed by atoms with van der Waals surface area (Å²) >= 11 is 5.98. The van der Waals surface area contributed by atoms with Crippen LogP contribution in [-0.2, 0) is 30.3 Å². The first-order chi connectivity index (χ1) is 13.5. The smallest absolute Gasteiger partial charge is 0.327 e. The highest BCUT2D eigenvalue weighted by Crippen LogP contribution is 2.49. The number of fused-ring (bicyclic) bond motifs is 1. The van der Waals surface area contributed by atoms with E-state index in [0.29, 0.717) is 5.02 Å². The number of nitrogens with one attached hydrogen (secondary N) is 1. The summed E-state index contributed by atoms with van der Waals surface area (Å²) in [5, 5.41) is 3.81.